The zero-order valence-electron chi connectivity index (χ0n) is 10.8. The number of rotatable bonds is 1. The molecule has 0 spiro atoms. The molecule has 2 aliphatic carbocycles. The van der Waals surface area contributed by atoms with Crippen LogP contribution in [-0.2, 0) is 4.79 Å². The monoisotopic (exact) mass is 248 g/mol. The Morgan fingerprint density at radius 3 is 2.58 bits per heavy atom. The third-order valence-corrected chi connectivity index (χ3v) is 4.64. The normalized spacial score (nSPS) is 27.6. The summed E-state index contributed by atoms with van der Waals surface area (Å²) in [6.45, 7) is 0. The van der Waals surface area contributed by atoms with Crippen molar-refractivity contribution in [3.63, 3.8) is 0 Å². The van der Waals surface area contributed by atoms with E-state index in [1.807, 2.05) is 0 Å². The molecule has 4 rings (SSSR count). The highest BCUT2D eigenvalue weighted by Gasteiger charge is 2.41. The summed E-state index contributed by atoms with van der Waals surface area (Å²) in [5, 5.41) is 2.60. The molecule has 0 heterocycles. The topological polar surface area (TPSA) is 17.1 Å². The summed E-state index contributed by atoms with van der Waals surface area (Å²) in [5.74, 6) is 1.34. The lowest BCUT2D eigenvalue weighted by molar-refractivity contribution is -0.121. The zero-order valence-corrected chi connectivity index (χ0v) is 10.8. The van der Waals surface area contributed by atoms with Gasteiger partial charge in [0, 0.05) is 12.3 Å². The van der Waals surface area contributed by atoms with Crippen LogP contribution in [0.5, 0.6) is 0 Å². The average molecular weight is 248 g/mol. The Balaban J connectivity index is 1.78. The van der Waals surface area contributed by atoms with Crippen molar-refractivity contribution in [3.05, 3.63) is 53.6 Å². The van der Waals surface area contributed by atoms with Crippen LogP contribution in [0.1, 0.15) is 24.8 Å². The zero-order chi connectivity index (χ0) is 12.8. The quantitative estimate of drug-likeness (QED) is 0.738. The Hall–Kier alpha value is -1.89. The summed E-state index contributed by atoms with van der Waals surface area (Å²) in [6.07, 6.45) is 5.20. The van der Waals surface area contributed by atoms with Crippen LogP contribution in [-0.4, -0.2) is 5.78 Å². The van der Waals surface area contributed by atoms with Gasteiger partial charge in [-0.05, 0) is 35.1 Å². The second-order valence-electron chi connectivity index (χ2n) is 5.79. The molecule has 0 N–H and O–H groups in total. The van der Waals surface area contributed by atoms with Crippen molar-refractivity contribution in [2.45, 2.75) is 19.3 Å². The lowest BCUT2D eigenvalue weighted by Gasteiger charge is -2.13. The summed E-state index contributed by atoms with van der Waals surface area (Å²) >= 11 is 0. The summed E-state index contributed by atoms with van der Waals surface area (Å²) < 4.78 is 0. The largest absolute Gasteiger partial charge is 0.299 e. The van der Waals surface area contributed by atoms with E-state index in [9.17, 15) is 4.79 Å². The van der Waals surface area contributed by atoms with E-state index in [-0.39, 0.29) is 0 Å². The van der Waals surface area contributed by atoms with E-state index >= 15 is 0 Å². The van der Waals surface area contributed by atoms with Gasteiger partial charge in [0.25, 0.3) is 0 Å². The molecule has 2 fully saturated rings. The maximum Gasteiger partial charge on any atom is 0.136 e. The average Bonchev–Trinajstić information content (AvgIpc) is 2.98. The Labute approximate surface area is 112 Å². The molecule has 0 aliphatic heterocycles. The first-order valence-corrected chi connectivity index (χ1v) is 7.02. The minimum Gasteiger partial charge on any atom is -0.299 e. The van der Waals surface area contributed by atoms with Crippen molar-refractivity contribution in [2.75, 3.05) is 0 Å². The minimum absolute atomic E-state index is 0.325. The van der Waals surface area contributed by atoms with Crippen LogP contribution in [0.4, 0.5) is 0 Å². The van der Waals surface area contributed by atoms with Crippen LogP contribution < -0.4 is 0 Å². The fourth-order valence-corrected chi connectivity index (χ4v) is 3.65. The maximum atomic E-state index is 11.6. The van der Waals surface area contributed by atoms with E-state index in [1.54, 1.807) is 0 Å². The maximum absolute atomic E-state index is 11.6. The predicted octanol–water partition coefficient (Wildman–Crippen LogP) is 4.22. The molecule has 2 bridgehead atoms. The lowest BCUT2D eigenvalue weighted by atomic mass is 9.91. The Morgan fingerprint density at radius 1 is 0.947 bits per heavy atom. The SMILES string of the molecule is O=C1C[C@H]2C[C@@H]1C/C2=C\c1cccc2ccccc12. The first-order valence-electron chi connectivity index (χ1n) is 7.02. The number of benzene rings is 2. The van der Waals surface area contributed by atoms with Gasteiger partial charge >= 0.3 is 0 Å². The molecular formula is C18H16O. The van der Waals surface area contributed by atoms with Gasteiger partial charge in [-0.15, -0.1) is 0 Å². The number of hydrogen-bond donors (Lipinski definition) is 0. The van der Waals surface area contributed by atoms with Gasteiger partial charge in [0.15, 0.2) is 0 Å². The van der Waals surface area contributed by atoms with Crippen LogP contribution in [0.15, 0.2) is 48.0 Å². The van der Waals surface area contributed by atoms with Crippen LogP contribution in [0.3, 0.4) is 0 Å². The first-order chi connectivity index (χ1) is 9.31. The number of carbonyl (C=O) groups excluding carboxylic acids is 1. The van der Waals surface area contributed by atoms with Gasteiger partial charge in [-0.3, -0.25) is 4.79 Å². The summed E-state index contributed by atoms with van der Waals surface area (Å²) in [4.78, 5) is 11.6. The van der Waals surface area contributed by atoms with E-state index < -0.39 is 0 Å². The van der Waals surface area contributed by atoms with Crippen LogP contribution in [0.25, 0.3) is 16.8 Å². The lowest BCUT2D eigenvalue weighted by Crippen LogP contribution is -2.10. The highest BCUT2D eigenvalue weighted by atomic mass is 16.1. The number of carbonyl (C=O) groups is 1. The van der Waals surface area contributed by atoms with Crippen molar-refractivity contribution in [1.82, 2.24) is 0 Å². The second kappa shape index (κ2) is 4.06. The third kappa shape index (κ3) is 1.73. The van der Waals surface area contributed by atoms with E-state index in [2.05, 4.69) is 48.5 Å². The van der Waals surface area contributed by atoms with E-state index in [0.29, 0.717) is 17.6 Å². The van der Waals surface area contributed by atoms with E-state index in [0.717, 1.165) is 19.3 Å². The smallest absolute Gasteiger partial charge is 0.136 e. The first kappa shape index (κ1) is 11.0. The molecule has 1 heteroatoms. The molecule has 2 aliphatic rings. The summed E-state index contributed by atoms with van der Waals surface area (Å²) in [5.41, 5.74) is 2.79. The molecule has 2 saturated carbocycles. The highest BCUT2D eigenvalue weighted by Crippen LogP contribution is 2.46. The molecule has 94 valence electrons. The van der Waals surface area contributed by atoms with Crippen molar-refractivity contribution in [1.29, 1.82) is 0 Å². The van der Waals surface area contributed by atoms with Crippen LogP contribution in [0, 0.1) is 11.8 Å². The molecule has 2 atom stereocenters. The molecule has 0 saturated heterocycles. The van der Waals surface area contributed by atoms with Gasteiger partial charge in [0.05, 0.1) is 0 Å². The summed E-state index contributed by atoms with van der Waals surface area (Å²) in [6, 6.07) is 15.0. The molecule has 0 unspecified atom stereocenters. The van der Waals surface area contributed by atoms with Crippen LogP contribution >= 0.6 is 0 Å². The predicted molar refractivity (Wildman–Crippen MR) is 77.8 cm³/mol. The van der Waals surface area contributed by atoms with Gasteiger partial charge in [-0.1, -0.05) is 54.1 Å². The standard InChI is InChI=1S/C18H16O/c19-18-11-15-10-16(18)9-14(15)8-13-6-3-5-12-4-1-2-7-17(12)13/h1-8,15-16H,9-11H2/b14-8+/t15-,16+/m1/s1. The van der Waals surface area contributed by atoms with Gasteiger partial charge in [-0.2, -0.15) is 0 Å². The number of allylic oxidation sites excluding steroid dienone is 1. The van der Waals surface area contributed by atoms with Crippen molar-refractivity contribution in [2.24, 2.45) is 11.8 Å². The minimum atomic E-state index is 0.325. The Kier molecular flexibility index (Phi) is 2.34. The number of fused-ring (bicyclic) bond motifs is 3. The fraction of sp³-hybridized carbons (Fsp3) is 0.278. The summed E-state index contributed by atoms with van der Waals surface area (Å²) in [7, 11) is 0. The van der Waals surface area contributed by atoms with Crippen molar-refractivity contribution >= 4 is 22.6 Å². The van der Waals surface area contributed by atoms with Gasteiger partial charge < -0.3 is 0 Å². The van der Waals surface area contributed by atoms with Gasteiger partial charge in [0.2, 0.25) is 0 Å². The highest BCUT2D eigenvalue weighted by molar-refractivity contribution is 5.92. The van der Waals surface area contributed by atoms with Crippen LogP contribution in [0.2, 0.25) is 0 Å². The molecule has 0 radical (unpaired) electrons. The van der Waals surface area contributed by atoms with Gasteiger partial charge in [-0.25, -0.2) is 0 Å². The molecule has 2 aromatic rings. The van der Waals surface area contributed by atoms with E-state index in [1.165, 1.54) is 21.9 Å². The Morgan fingerprint density at radius 2 is 1.79 bits per heavy atom. The third-order valence-electron chi connectivity index (χ3n) is 4.64. The molecule has 1 nitrogen and oxygen atoms in total. The molecule has 0 aromatic heterocycles. The second-order valence-corrected chi connectivity index (χ2v) is 5.79. The van der Waals surface area contributed by atoms with E-state index in [4.69, 9.17) is 0 Å². The Bertz CT molecular complexity index is 690. The number of Topliss-reactive ketones (excluding diaryl/α,β-unsaturated/α-hetero) is 1. The molecule has 19 heavy (non-hydrogen) atoms. The van der Waals surface area contributed by atoms with Gasteiger partial charge in [0.1, 0.15) is 5.78 Å². The van der Waals surface area contributed by atoms with Crippen molar-refractivity contribution < 1.29 is 4.79 Å². The molecule has 2 aromatic carbocycles. The fourth-order valence-electron chi connectivity index (χ4n) is 3.65. The number of hydrogen-bond acceptors (Lipinski definition) is 1. The number of ketones is 1. The van der Waals surface area contributed by atoms with Crippen molar-refractivity contribution in [3.8, 4) is 0 Å². The molecule has 0 amide bonds. The molecular weight excluding hydrogens is 232 g/mol.